The fourth-order valence-corrected chi connectivity index (χ4v) is 2.62. The molecule has 4 nitrogen and oxygen atoms in total. The molecule has 3 rings (SSSR count). The van der Waals surface area contributed by atoms with Crippen LogP contribution in [0, 0.1) is 0 Å². The Morgan fingerprint density at radius 1 is 1.29 bits per heavy atom. The molecule has 1 aliphatic rings. The number of carbonyl (C=O) groups is 1. The van der Waals surface area contributed by atoms with Gasteiger partial charge in [-0.05, 0) is 43.2 Å². The third-order valence-corrected chi connectivity index (χ3v) is 3.74. The topological polar surface area (TPSA) is 61.4 Å². The van der Waals surface area contributed by atoms with E-state index in [0.717, 1.165) is 18.7 Å². The van der Waals surface area contributed by atoms with Crippen molar-refractivity contribution >= 4 is 17.3 Å². The summed E-state index contributed by atoms with van der Waals surface area (Å²) in [6, 6.07) is 13.0. The van der Waals surface area contributed by atoms with Gasteiger partial charge < -0.3 is 15.7 Å². The van der Waals surface area contributed by atoms with Gasteiger partial charge in [0, 0.05) is 29.0 Å². The van der Waals surface area contributed by atoms with Crippen molar-refractivity contribution in [1.82, 2.24) is 0 Å². The molecule has 108 valence electrons. The van der Waals surface area contributed by atoms with Gasteiger partial charge in [-0.15, -0.1) is 0 Å². The molecule has 0 saturated heterocycles. The second-order valence-corrected chi connectivity index (χ2v) is 5.27. The maximum Gasteiger partial charge on any atom is 0.255 e. The van der Waals surface area contributed by atoms with Crippen molar-refractivity contribution in [3.8, 4) is 0 Å². The zero-order chi connectivity index (χ0) is 14.8. The van der Waals surface area contributed by atoms with Crippen LogP contribution < -0.4 is 10.6 Å². The van der Waals surface area contributed by atoms with Gasteiger partial charge in [-0.1, -0.05) is 18.2 Å². The van der Waals surface area contributed by atoms with Gasteiger partial charge in [-0.3, -0.25) is 4.79 Å². The molecular weight excluding hydrogens is 264 g/mol. The Morgan fingerprint density at radius 3 is 2.90 bits per heavy atom. The minimum Gasteiger partial charge on any atom is -0.389 e. The summed E-state index contributed by atoms with van der Waals surface area (Å²) in [7, 11) is 0. The van der Waals surface area contributed by atoms with Gasteiger partial charge in [-0.2, -0.15) is 0 Å². The van der Waals surface area contributed by atoms with Crippen molar-refractivity contribution in [1.29, 1.82) is 0 Å². The summed E-state index contributed by atoms with van der Waals surface area (Å²) in [4.78, 5) is 12.4. The Labute approximate surface area is 123 Å². The second-order valence-electron chi connectivity index (χ2n) is 5.27. The highest BCUT2D eigenvalue weighted by Crippen LogP contribution is 2.25. The van der Waals surface area contributed by atoms with E-state index in [-0.39, 0.29) is 5.91 Å². The molecule has 1 unspecified atom stereocenters. The third-order valence-electron chi connectivity index (χ3n) is 3.74. The lowest BCUT2D eigenvalue weighted by atomic mass is 10.1. The van der Waals surface area contributed by atoms with Crippen LogP contribution in [0.1, 0.15) is 34.5 Å². The first-order valence-corrected chi connectivity index (χ1v) is 7.10. The van der Waals surface area contributed by atoms with Gasteiger partial charge in [0.05, 0.1) is 6.10 Å². The molecule has 0 aliphatic carbocycles. The molecule has 2 aromatic carbocycles. The minimum atomic E-state index is -0.620. The van der Waals surface area contributed by atoms with Crippen LogP contribution in [0.3, 0.4) is 0 Å². The first-order valence-electron chi connectivity index (χ1n) is 7.10. The van der Waals surface area contributed by atoms with Crippen LogP contribution in [0.5, 0.6) is 0 Å². The number of amides is 1. The number of nitrogens with one attached hydrogen (secondary N) is 2. The zero-order valence-electron chi connectivity index (χ0n) is 11.9. The van der Waals surface area contributed by atoms with Gasteiger partial charge in [-0.25, -0.2) is 0 Å². The van der Waals surface area contributed by atoms with Crippen LogP contribution in [0.4, 0.5) is 11.4 Å². The molecule has 0 bridgehead atoms. The molecule has 3 N–H and O–H groups in total. The summed E-state index contributed by atoms with van der Waals surface area (Å²) in [6.45, 7) is 2.61. The normalized spacial score (nSPS) is 14.2. The molecule has 2 aromatic rings. The predicted octanol–water partition coefficient (Wildman–Crippen LogP) is 2.96. The molecule has 4 heteroatoms. The summed E-state index contributed by atoms with van der Waals surface area (Å²) in [5.74, 6) is -0.155. The standard InChI is InChI=1S/C17H18N2O2/c1-11(20)14-4-2-3-5-16(14)19-17(21)13-6-7-15-12(10-13)8-9-18-15/h2-7,10-11,18,20H,8-9H2,1H3,(H,19,21). The summed E-state index contributed by atoms with van der Waals surface area (Å²) >= 11 is 0. The molecule has 21 heavy (non-hydrogen) atoms. The molecule has 1 amide bonds. The number of para-hydroxylation sites is 1. The summed E-state index contributed by atoms with van der Waals surface area (Å²) in [5.41, 5.74) is 4.28. The van der Waals surface area contributed by atoms with E-state index >= 15 is 0 Å². The quantitative estimate of drug-likeness (QED) is 0.811. The van der Waals surface area contributed by atoms with E-state index in [2.05, 4.69) is 10.6 Å². The smallest absolute Gasteiger partial charge is 0.255 e. The van der Waals surface area contributed by atoms with Crippen molar-refractivity contribution < 1.29 is 9.90 Å². The summed E-state index contributed by atoms with van der Waals surface area (Å²) in [5, 5.41) is 15.9. The zero-order valence-corrected chi connectivity index (χ0v) is 11.9. The van der Waals surface area contributed by atoms with Crippen molar-refractivity contribution in [2.24, 2.45) is 0 Å². The van der Waals surface area contributed by atoms with Crippen LogP contribution in [0.25, 0.3) is 0 Å². The van der Waals surface area contributed by atoms with Gasteiger partial charge >= 0.3 is 0 Å². The van der Waals surface area contributed by atoms with Crippen molar-refractivity contribution in [3.63, 3.8) is 0 Å². The van der Waals surface area contributed by atoms with Crippen LogP contribution in [-0.4, -0.2) is 17.6 Å². The number of hydrogen-bond donors (Lipinski definition) is 3. The lowest BCUT2D eigenvalue weighted by Gasteiger charge is -2.13. The number of aliphatic hydroxyl groups excluding tert-OH is 1. The van der Waals surface area contributed by atoms with E-state index in [0.29, 0.717) is 16.8 Å². The predicted molar refractivity (Wildman–Crippen MR) is 83.7 cm³/mol. The van der Waals surface area contributed by atoms with Gasteiger partial charge in [0.25, 0.3) is 5.91 Å². The highest BCUT2D eigenvalue weighted by Gasteiger charge is 2.15. The molecular formula is C17H18N2O2. The van der Waals surface area contributed by atoms with Gasteiger partial charge in [0.1, 0.15) is 0 Å². The number of hydrogen-bond acceptors (Lipinski definition) is 3. The molecule has 0 aromatic heterocycles. The average molecular weight is 282 g/mol. The van der Waals surface area contributed by atoms with E-state index in [1.807, 2.05) is 36.4 Å². The number of aliphatic hydroxyl groups is 1. The Hall–Kier alpha value is -2.33. The van der Waals surface area contributed by atoms with Crippen molar-refractivity contribution in [3.05, 3.63) is 59.2 Å². The van der Waals surface area contributed by atoms with Crippen LogP contribution in [-0.2, 0) is 6.42 Å². The molecule has 0 spiro atoms. The first-order chi connectivity index (χ1) is 10.1. The highest BCUT2D eigenvalue weighted by atomic mass is 16.3. The van der Waals surface area contributed by atoms with E-state index in [1.54, 1.807) is 13.0 Å². The van der Waals surface area contributed by atoms with E-state index in [1.165, 1.54) is 5.56 Å². The van der Waals surface area contributed by atoms with Crippen LogP contribution >= 0.6 is 0 Å². The summed E-state index contributed by atoms with van der Waals surface area (Å²) < 4.78 is 0. The molecule has 0 saturated carbocycles. The molecule has 0 fully saturated rings. The Kier molecular flexibility index (Phi) is 3.62. The first kappa shape index (κ1) is 13.6. The maximum absolute atomic E-state index is 12.4. The van der Waals surface area contributed by atoms with E-state index in [9.17, 15) is 9.90 Å². The van der Waals surface area contributed by atoms with Gasteiger partial charge in [0.15, 0.2) is 0 Å². The SMILES string of the molecule is CC(O)c1ccccc1NC(=O)c1ccc2c(c1)CCN2. The lowest BCUT2D eigenvalue weighted by molar-refractivity contribution is 0.102. The molecule has 0 radical (unpaired) electrons. The van der Waals surface area contributed by atoms with Crippen LogP contribution in [0.2, 0.25) is 0 Å². The Morgan fingerprint density at radius 2 is 2.10 bits per heavy atom. The molecule has 1 atom stereocenters. The molecule has 1 aliphatic heterocycles. The number of benzene rings is 2. The number of carbonyl (C=O) groups excluding carboxylic acids is 1. The van der Waals surface area contributed by atoms with Crippen molar-refractivity contribution in [2.75, 3.05) is 17.2 Å². The Balaban J connectivity index is 1.84. The third kappa shape index (κ3) is 2.76. The van der Waals surface area contributed by atoms with E-state index in [4.69, 9.17) is 0 Å². The van der Waals surface area contributed by atoms with Crippen LogP contribution in [0.15, 0.2) is 42.5 Å². The maximum atomic E-state index is 12.4. The fourth-order valence-electron chi connectivity index (χ4n) is 2.62. The summed E-state index contributed by atoms with van der Waals surface area (Å²) in [6.07, 6.45) is 0.325. The van der Waals surface area contributed by atoms with E-state index < -0.39 is 6.10 Å². The average Bonchev–Trinajstić information content (AvgIpc) is 2.94. The van der Waals surface area contributed by atoms with Crippen molar-refractivity contribution in [2.45, 2.75) is 19.4 Å². The Bertz CT molecular complexity index is 680. The monoisotopic (exact) mass is 282 g/mol. The molecule has 1 heterocycles. The fraction of sp³-hybridized carbons (Fsp3) is 0.235. The number of anilines is 2. The number of rotatable bonds is 3. The van der Waals surface area contributed by atoms with Gasteiger partial charge in [0.2, 0.25) is 0 Å². The lowest BCUT2D eigenvalue weighted by Crippen LogP contribution is -2.14. The second kappa shape index (κ2) is 5.58. The largest absolute Gasteiger partial charge is 0.389 e. The number of fused-ring (bicyclic) bond motifs is 1. The highest BCUT2D eigenvalue weighted by molar-refractivity contribution is 6.05. The minimum absolute atomic E-state index is 0.155.